The highest BCUT2D eigenvalue weighted by Gasteiger charge is 2.31. The molecule has 1 atom stereocenters. The van der Waals surface area contributed by atoms with E-state index in [9.17, 15) is 4.79 Å². The van der Waals surface area contributed by atoms with Crippen molar-refractivity contribution in [2.24, 2.45) is 5.73 Å². The fourth-order valence-corrected chi connectivity index (χ4v) is 2.80. The number of nitrogens with zero attached hydrogens (tertiary/aromatic N) is 3. The summed E-state index contributed by atoms with van der Waals surface area (Å²) in [5, 5.41) is 4.05. The summed E-state index contributed by atoms with van der Waals surface area (Å²) in [6.45, 7) is 3.29. The molecule has 0 spiro atoms. The Labute approximate surface area is 129 Å². The van der Waals surface area contributed by atoms with Crippen LogP contribution in [0.4, 0.5) is 0 Å². The molecule has 1 unspecified atom stereocenters. The maximum Gasteiger partial charge on any atom is 0.249 e. The highest BCUT2D eigenvalue weighted by molar-refractivity contribution is 5.78. The van der Waals surface area contributed by atoms with Gasteiger partial charge in [0.1, 0.15) is 6.04 Å². The minimum absolute atomic E-state index is 0.125. The van der Waals surface area contributed by atoms with Crippen LogP contribution >= 0.6 is 0 Å². The highest BCUT2D eigenvalue weighted by atomic mass is 16.5. The molecule has 3 rings (SSSR count). The first-order valence-corrected chi connectivity index (χ1v) is 7.65. The number of hydrogen-bond acceptors (Lipinski definition) is 5. The van der Waals surface area contributed by atoms with E-state index in [-0.39, 0.29) is 11.9 Å². The summed E-state index contributed by atoms with van der Waals surface area (Å²) < 4.78 is 5.41. The van der Waals surface area contributed by atoms with Crippen molar-refractivity contribution in [1.82, 2.24) is 15.0 Å². The Morgan fingerprint density at radius 3 is 2.73 bits per heavy atom. The molecule has 2 N–H and O–H groups in total. The third-order valence-corrected chi connectivity index (χ3v) is 4.05. The minimum Gasteiger partial charge on any atom is -0.337 e. The molecule has 0 bridgehead atoms. The van der Waals surface area contributed by atoms with E-state index < -0.39 is 0 Å². The van der Waals surface area contributed by atoms with Gasteiger partial charge in [0.15, 0.2) is 0 Å². The van der Waals surface area contributed by atoms with Gasteiger partial charge in [0, 0.05) is 25.1 Å². The van der Waals surface area contributed by atoms with Gasteiger partial charge in [-0.05, 0) is 18.4 Å². The van der Waals surface area contributed by atoms with Crippen LogP contribution < -0.4 is 5.73 Å². The van der Waals surface area contributed by atoms with Gasteiger partial charge in [-0.1, -0.05) is 36.3 Å². The molecule has 1 aliphatic heterocycles. The predicted octanol–water partition coefficient (Wildman–Crippen LogP) is 2.27. The van der Waals surface area contributed by atoms with E-state index in [0.717, 1.165) is 30.5 Å². The van der Waals surface area contributed by atoms with E-state index in [1.54, 1.807) is 0 Å². The molecular formula is C16H20N4O2. The van der Waals surface area contributed by atoms with Crippen molar-refractivity contribution in [3.8, 4) is 11.4 Å². The average molecular weight is 300 g/mol. The molecule has 1 aliphatic rings. The number of carbonyl (C=O) groups is 1. The molecule has 2 aromatic rings. The summed E-state index contributed by atoms with van der Waals surface area (Å²) in [7, 11) is 0. The second-order valence-electron chi connectivity index (χ2n) is 5.47. The summed E-state index contributed by atoms with van der Waals surface area (Å²) >= 11 is 0. The zero-order valence-corrected chi connectivity index (χ0v) is 12.7. The fourth-order valence-electron chi connectivity index (χ4n) is 2.80. The van der Waals surface area contributed by atoms with Crippen LogP contribution in [0.2, 0.25) is 0 Å². The smallest absolute Gasteiger partial charge is 0.249 e. The largest absolute Gasteiger partial charge is 0.337 e. The van der Waals surface area contributed by atoms with Crippen molar-refractivity contribution < 1.29 is 9.32 Å². The van der Waals surface area contributed by atoms with Crippen LogP contribution in [0.1, 0.15) is 43.7 Å². The van der Waals surface area contributed by atoms with Gasteiger partial charge in [-0.25, -0.2) is 0 Å². The molecule has 1 aromatic carbocycles. The molecule has 1 amide bonds. The minimum atomic E-state index is -0.125. The van der Waals surface area contributed by atoms with Crippen LogP contribution in [-0.2, 0) is 11.3 Å². The Hall–Kier alpha value is -2.21. The zero-order valence-electron chi connectivity index (χ0n) is 12.7. The molecule has 6 heteroatoms. The van der Waals surface area contributed by atoms with Crippen LogP contribution in [0, 0.1) is 0 Å². The van der Waals surface area contributed by atoms with Crippen molar-refractivity contribution in [2.75, 3.05) is 6.54 Å². The van der Waals surface area contributed by atoms with Crippen LogP contribution in [0.15, 0.2) is 28.8 Å². The molecule has 6 nitrogen and oxygen atoms in total. The lowest BCUT2D eigenvalue weighted by Crippen LogP contribution is -2.29. The topological polar surface area (TPSA) is 85.2 Å². The first-order chi connectivity index (χ1) is 10.7. The molecule has 1 fully saturated rings. The van der Waals surface area contributed by atoms with Crippen molar-refractivity contribution in [1.29, 1.82) is 0 Å². The second-order valence-corrected chi connectivity index (χ2v) is 5.47. The molecule has 0 saturated carbocycles. The number of likely N-dealkylation sites (tertiary alicyclic amines) is 1. The van der Waals surface area contributed by atoms with Gasteiger partial charge >= 0.3 is 0 Å². The van der Waals surface area contributed by atoms with E-state index in [0.29, 0.717) is 24.7 Å². The molecule has 116 valence electrons. The van der Waals surface area contributed by atoms with Gasteiger partial charge in [0.05, 0.1) is 0 Å². The van der Waals surface area contributed by atoms with Gasteiger partial charge in [-0.3, -0.25) is 4.79 Å². The first-order valence-electron chi connectivity index (χ1n) is 7.65. The summed E-state index contributed by atoms with van der Waals surface area (Å²) in [4.78, 5) is 18.2. The lowest BCUT2D eigenvalue weighted by Gasteiger charge is -2.23. The maximum absolute atomic E-state index is 11.9. The third-order valence-electron chi connectivity index (χ3n) is 4.05. The number of hydrogen-bond donors (Lipinski definition) is 1. The Kier molecular flexibility index (Phi) is 4.20. The van der Waals surface area contributed by atoms with E-state index in [1.165, 1.54) is 0 Å². The zero-order chi connectivity index (χ0) is 15.5. The van der Waals surface area contributed by atoms with E-state index in [4.69, 9.17) is 10.3 Å². The van der Waals surface area contributed by atoms with E-state index >= 15 is 0 Å². The number of rotatable bonds is 5. The molecular weight excluding hydrogens is 280 g/mol. The van der Waals surface area contributed by atoms with Gasteiger partial charge in [-0.2, -0.15) is 4.98 Å². The summed E-state index contributed by atoms with van der Waals surface area (Å²) in [5.41, 5.74) is 7.54. The van der Waals surface area contributed by atoms with Crippen LogP contribution in [0.25, 0.3) is 11.4 Å². The normalized spacial score (nSPS) is 16.3. The first kappa shape index (κ1) is 14.7. The Balaban J connectivity index is 1.83. The summed E-state index contributed by atoms with van der Waals surface area (Å²) in [6.07, 6.45) is 2.27. The lowest BCUT2D eigenvalue weighted by atomic mass is 10.1. The number of nitrogens with two attached hydrogens (primary N) is 1. The maximum atomic E-state index is 11.9. The highest BCUT2D eigenvalue weighted by Crippen LogP contribution is 2.29. The van der Waals surface area contributed by atoms with Gasteiger partial charge in [0.2, 0.25) is 17.6 Å². The standard InChI is InChI=1S/C16H20N4O2/c1-2-13(20-9-3-4-14(20)21)16-18-15(19-22-16)12-7-5-11(10-17)6-8-12/h5-8,13H,2-4,9-10,17H2,1H3. The number of carbonyl (C=O) groups excluding carboxylic acids is 1. The van der Waals surface area contributed by atoms with E-state index in [2.05, 4.69) is 10.1 Å². The summed E-state index contributed by atoms with van der Waals surface area (Å²) in [5.74, 6) is 1.22. The molecule has 0 aliphatic carbocycles. The van der Waals surface area contributed by atoms with Gasteiger partial charge < -0.3 is 15.2 Å². The van der Waals surface area contributed by atoms with Gasteiger partial charge in [-0.15, -0.1) is 0 Å². The van der Waals surface area contributed by atoms with Gasteiger partial charge in [0.25, 0.3) is 0 Å². The van der Waals surface area contributed by atoms with Crippen molar-refractivity contribution in [2.45, 2.75) is 38.8 Å². The molecule has 1 aromatic heterocycles. The summed E-state index contributed by atoms with van der Waals surface area (Å²) in [6, 6.07) is 7.64. The van der Waals surface area contributed by atoms with Crippen molar-refractivity contribution in [3.05, 3.63) is 35.7 Å². The van der Waals surface area contributed by atoms with Crippen LogP contribution in [-0.4, -0.2) is 27.5 Å². The third kappa shape index (κ3) is 2.74. The number of benzene rings is 1. The lowest BCUT2D eigenvalue weighted by molar-refractivity contribution is -0.130. The Bertz CT molecular complexity index is 650. The average Bonchev–Trinajstić information content (AvgIpc) is 3.19. The quantitative estimate of drug-likeness (QED) is 0.915. The van der Waals surface area contributed by atoms with E-state index in [1.807, 2.05) is 36.1 Å². The molecule has 1 saturated heterocycles. The van der Waals surface area contributed by atoms with Crippen LogP contribution in [0.3, 0.4) is 0 Å². The monoisotopic (exact) mass is 300 g/mol. The Morgan fingerprint density at radius 1 is 1.36 bits per heavy atom. The SMILES string of the molecule is CCC(c1nc(-c2ccc(CN)cc2)no1)N1CCCC1=O. The molecule has 2 heterocycles. The van der Waals surface area contributed by atoms with Crippen molar-refractivity contribution >= 4 is 5.91 Å². The Morgan fingerprint density at radius 2 is 2.14 bits per heavy atom. The number of amides is 1. The number of aromatic nitrogens is 2. The fraction of sp³-hybridized carbons (Fsp3) is 0.438. The second kappa shape index (κ2) is 6.27. The van der Waals surface area contributed by atoms with Crippen molar-refractivity contribution in [3.63, 3.8) is 0 Å². The predicted molar refractivity (Wildman–Crippen MR) is 81.6 cm³/mol. The molecule has 0 radical (unpaired) electrons. The molecule has 22 heavy (non-hydrogen) atoms. The van der Waals surface area contributed by atoms with Crippen LogP contribution in [0.5, 0.6) is 0 Å².